The molecule has 0 radical (unpaired) electrons. The summed E-state index contributed by atoms with van der Waals surface area (Å²) in [5.41, 5.74) is 8.25. The van der Waals surface area contributed by atoms with Crippen molar-refractivity contribution in [1.29, 1.82) is 0 Å². The molecule has 0 saturated heterocycles. The SMILES string of the molecule is OCc1ccc(CN2CCc3ccccc3C2)c(C2=CCCCC2)c1. The number of hydrogen-bond donors (Lipinski definition) is 1. The maximum atomic E-state index is 9.55. The quantitative estimate of drug-likeness (QED) is 0.877. The number of fused-ring (bicyclic) bond motifs is 1. The second-order valence-corrected chi connectivity index (χ2v) is 7.35. The Morgan fingerprint density at radius 3 is 2.64 bits per heavy atom. The van der Waals surface area contributed by atoms with Gasteiger partial charge in [-0.15, -0.1) is 0 Å². The molecule has 0 atom stereocenters. The summed E-state index contributed by atoms with van der Waals surface area (Å²) in [7, 11) is 0. The average molecular weight is 333 g/mol. The topological polar surface area (TPSA) is 23.5 Å². The maximum absolute atomic E-state index is 9.55. The highest BCUT2D eigenvalue weighted by Crippen LogP contribution is 2.31. The zero-order chi connectivity index (χ0) is 17.1. The first-order chi connectivity index (χ1) is 12.3. The Morgan fingerprint density at radius 1 is 0.960 bits per heavy atom. The summed E-state index contributed by atoms with van der Waals surface area (Å²) in [6.45, 7) is 3.28. The van der Waals surface area contributed by atoms with Crippen molar-refractivity contribution in [3.8, 4) is 0 Å². The van der Waals surface area contributed by atoms with Gasteiger partial charge < -0.3 is 5.11 Å². The van der Waals surface area contributed by atoms with Crippen molar-refractivity contribution in [2.75, 3.05) is 6.54 Å². The Balaban J connectivity index is 1.59. The van der Waals surface area contributed by atoms with E-state index in [1.807, 2.05) is 0 Å². The number of allylic oxidation sites excluding steroid dienone is 2. The van der Waals surface area contributed by atoms with E-state index in [0.717, 1.165) is 31.6 Å². The van der Waals surface area contributed by atoms with Crippen LogP contribution in [0.15, 0.2) is 48.5 Å². The average Bonchev–Trinajstić information content (AvgIpc) is 2.69. The molecular formula is C23H27NO. The summed E-state index contributed by atoms with van der Waals surface area (Å²) in [5.74, 6) is 0. The molecule has 2 aliphatic rings. The van der Waals surface area contributed by atoms with Crippen molar-refractivity contribution in [3.05, 3.63) is 76.4 Å². The van der Waals surface area contributed by atoms with Gasteiger partial charge in [0.15, 0.2) is 0 Å². The highest BCUT2D eigenvalue weighted by atomic mass is 16.3. The largest absolute Gasteiger partial charge is 0.392 e. The van der Waals surface area contributed by atoms with Gasteiger partial charge >= 0.3 is 0 Å². The van der Waals surface area contributed by atoms with E-state index in [1.54, 1.807) is 0 Å². The minimum absolute atomic E-state index is 0.123. The van der Waals surface area contributed by atoms with Crippen molar-refractivity contribution >= 4 is 5.57 Å². The Kier molecular flexibility index (Phi) is 5.00. The highest BCUT2D eigenvalue weighted by Gasteiger charge is 2.18. The molecule has 1 aliphatic carbocycles. The molecular weight excluding hydrogens is 306 g/mol. The molecule has 2 nitrogen and oxygen atoms in total. The number of benzene rings is 2. The summed E-state index contributed by atoms with van der Waals surface area (Å²) < 4.78 is 0. The van der Waals surface area contributed by atoms with E-state index in [0.29, 0.717) is 0 Å². The summed E-state index contributed by atoms with van der Waals surface area (Å²) in [6, 6.07) is 15.4. The molecule has 0 unspecified atom stereocenters. The van der Waals surface area contributed by atoms with Crippen molar-refractivity contribution in [1.82, 2.24) is 4.90 Å². The predicted octanol–water partition coefficient (Wildman–Crippen LogP) is 4.69. The molecule has 1 aliphatic heterocycles. The maximum Gasteiger partial charge on any atom is 0.0682 e. The molecule has 0 spiro atoms. The van der Waals surface area contributed by atoms with Gasteiger partial charge in [-0.05, 0) is 71.6 Å². The first-order valence-electron chi connectivity index (χ1n) is 9.54. The van der Waals surface area contributed by atoms with Crippen LogP contribution in [0.1, 0.15) is 53.5 Å². The molecule has 0 saturated carbocycles. The van der Waals surface area contributed by atoms with Crippen LogP contribution in [0.25, 0.3) is 5.57 Å². The van der Waals surface area contributed by atoms with Gasteiger partial charge in [-0.2, -0.15) is 0 Å². The van der Waals surface area contributed by atoms with Crippen LogP contribution in [0.2, 0.25) is 0 Å². The van der Waals surface area contributed by atoms with Crippen LogP contribution in [0, 0.1) is 0 Å². The molecule has 2 aromatic carbocycles. The van der Waals surface area contributed by atoms with Crippen LogP contribution in [-0.2, 0) is 26.1 Å². The fourth-order valence-corrected chi connectivity index (χ4v) is 4.17. The fraction of sp³-hybridized carbons (Fsp3) is 0.391. The summed E-state index contributed by atoms with van der Waals surface area (Å²) in [5, 5.41) is 9.55. The number of hydrogen-bond acceptors (Lipinski definition) is 2. The zero-order valence-corrected chi connectivity index (χ0v) is 14.9. The van der Waals surface area contributed by atoms with Crippen LogP contribution in [0.5, 0.6) is 0 Å². The lowest BCUT2D eigenvalue weighted by atomic mass is 9.89. The van der Waals surface area contributed by atoms with Crippen LogP contribution in [0.4, 0.5) is 0 Å². The van der Waals surface area contributed by atoms with E-state index >= 15 is 0 Å². The molecule has 2 aromatic rings. The van der Waals surface area contributed by atoms with Crippen LogP contribution in [0.3, 0.4) is 0 Å². The number of aliphatic hydroxyl groups excluding tert-OH is 1. The van der Waals surface area contributed by atoms with Crippen molar-refractivity contribution < 1.29 is 5.11 Å². The molecule has 1 heterocycles. The Bertz CT molecular complexity index is 777. The summed E-state index contributed by atoms with van der Waals surface area (Å²) in [4.78, 5) is 2.56. The first-order valence-corrected chi connectivity index (χ1v) is 9.54. The molecule has 4 rings (SSSR count). The molecule has 1 N–H and O–H groups in total. The van der Waals surface area contributed by atoms with Crippen LogP contribution < -0.4 is 0 Å². The van der Waals surface area contributed by atoms with Gasteiger partial charge in [-0.1, -0.05) is 42.5 Å². The van der Waals surface area contributed by atoms with Gasteiger partial charge in [0.1, 0.15) is 0 Å². The van der Waals surface area contributed by atoms with Gasteiger partial charge in [0.05, 0.1) is 6.61 Å². The van der Waals surface area contributed by atoms with Gasteiger partial charge in [-0.25, -0.2) is 0 Å². The standard InChI is InChI=1S/C23H27NO/c25-17-18-10-11-22(23(14-18)20-7-2-1-3-8-20)16-24-13-12-19-6-4-5-9-21(19)15-24/h4-7,9-11,14,25H,1-3,8,12-13,15-17H2. The fourth-order valence-electron chi connectivity index (χ4n) is 4.17. The van der Waals surface area contributed by atoms with Crippen LogP contribution >= 0.6 is 0 Å². The third kappa shape index (κ3) is 3.70. The van der Waals surface area contributed by atoms with Crippen molar-refractivity contribution in [2.45, 2.75) is 51.8 Å². The van der Waals surface area contributed by atoms with Crippen LogP contribution in [-0.4, -0.2) is 16.6 Å². The third-order valence-electron chi connectivity index (χ3n) is 5.60. The van der Waals surface area contributed by atoms with Gasteiger partial charge in [-0.3, -0.25) is 4.90 Å². The van der Waals surface area contributed by atoms with E-state index in [9.17, 15) is 5.11 Å². The van der Waals surface area contributed by atoms with E-state index < -0.39 is 0 Å². The Morgan fingerprint density at radius 2 is 1.84 bits per heavy atom. The van der Waals surface area contributed by atoms with E-state index in [-0.39, 0.29) is 6.61 Å². The van der Waals surface area contributed by atoms with Gasteiger partial charge in [0.2, 0.25) is 0 Å². The summed E-state index contributed by atoms with van der Waals surface area (Å²) in [6.07, 6.45) is 8.50. The van der Waals surface area contributed by atoms with Crippen molar-refractivity contribution in [3.63, 3.8) is 0 Å². The van der Waals surface area contributed by atoms with E-state index in [1.165, 1.54) is 53.5 Å². The monoisotopic (exact) mass is 333 g/mol. The molecule has 0 aromatic heterocycles. The Labute approximate surface area is 150 Å². The lowest BCUT2D eigenvalue weighted by Gasteiger charge is -2.30. The second kappa shape index (κ2) is 7.55. The van der Waals surface area contributed by atoms with Crippen molar-refractivity contribution in [2.24, 2.45) is 0 Å². The lowest BCUT2D eigenvalue weighted by Crippen LogP contribution is -2.30. The van der Waals surface area contributed by atoms with Gasteiger partial charge in [0.25, 0.3) is 0 Å². The normalized spacial score (nSPS) is 17.9. The molecule has 25 heavy (non-hydrogen) atoms. The smallest absolute Gasteiger partial charge is 0.0682 e. The minimum Gasteiger partial charge on any atom is -0.392 e. The highest BCUT2D eigenvalue weighted by molar-refractivity contribution is 5.69. The first kappa shape index (κ1) is 16.6. The number of rotatable bonds is 4. The Hall–Kier alpha value is -1.90. The summed E-state index contributed by atoms with van der Waals surface area (Å²) >= 11 is 0. The number of aliphatic hydroxyl groups is 1. The molecule has 2 heteroatoms. The third-order valence-corrected chi connectivity index (χ3v) is 5.60. The van der Waals surface area contributed by atoms with E-state index in [2.05, 4.69) is 53.4 Å². The number of nitrogens with zero attached hydrogens (tertiary/aromatic N) is 1. The predicted molar refractivity (Wildman–Crippen MR) is 103 cm³/mol. The molecule has 0 amide bonds. The van der Waals surface area contributed by atoms with E-state index in [4.69, 9.17) is 0 Å². The molecule has 0 bridgehead atoms. The molecule has 130 valence electrons. The molecule has 0 fully saturated rings. The second-order valence-electron chi connectivity index (χ2n) is 7.35. The lowest BCUT2D eigenvalue weighted by molar-refractivity contribution is 0.245. The van der Waals surface area contributed by atoms with Gasteiger partial charge in [0, 0.05) is 19.6 Å². The minimum atomic E-state index is 0.123. The zero-order valence-electron chi connectivity index (χ0n) is 14.9.